The largest absolute Gasteiger partial charge is 0.424 e. The Labute approximate surface area is 113 Å². The highest BCUT2D eigenvalue weighted by molar-refractivity contribution is 5.30. The molecule has 19 heavy (non-hydrogen) atoms. The van der Waals surface area contributed by atoms with Crippen LogP contribution in [0, 0.1) is 13.8 Å². The van der Waals surface area contributed by atoms with Gasteiger partial charge in [-0.2, -0.15) is 0 Å². The van der Waals surface area contributed by atoms with Crippen molar-refractivity contribution < 1.29 is 4.74 Å². The smallest absolute Gasteiger partial charge is 0.322 e. The molecule has 0 saturated heterocycles. The molecule has 0 fully saturated rings. The van der Waals surface area contributed by atoms with Crippen LogP contribution in [-0.4, -0.2) is 16.0 Å². The summed E-state index contributed by atoms with van der Waals surface area (Å²) in [7, 11) is 0. The summed E-state index contributed by atoms with van der Waals surface area (Å²) in [6.45, 7) is 5.84. The monoisotopic (exact) mass is 257 g/mol. The maximum absolute atomic E-state index is 5.77. The van der Waals surface area contributed by atoms with Crippen molar-refractivity contribution in [3.05, 3.63) is 47.3 Å². The van der Waals surface area contributed by atoms with Gasteiger partial charge in [-0.05, 0) is 51.0 Å². The molecule has 2 aromatic rings. The molecule has 0 aliphatic carbocycles. The number of nitrogens with zero attached hydrogens (tertiary/aromatic N) is 2. The first kappa shape index (κ1) is 13.5. The number of aromatic nitrogens is 2. The standard InChI is InChI=1S/C15H19N3O/c1-10(16)8-13-4-6-14(7-5-13)19-15-17-11(2)9-12(3)18-15/h4-7,9-10H,8,16H2,1-3H3. The van der Waals surface area contributed by atoms with Crippen LogP contribution in [-0.2, 0) is 6.42 Å². The second-order valence-electron chi connectivity index (χ2n) is 4.86. The van der Waals surface area contributed by atoms with Crippen molar-refractivity contribution in [1.29, 1.82) is 0 Å². The lowest BCUT2D eigenvalue weighted by Gasteiger charge is -2.08. The number of hydrogen-bond donors (Lipinski definition) is 1. The lowest BCUT2D eigenvalue weighted by molar-refractivity contribution is 0.438. The van der Waals surface area contributed by atoms with Crippen molar-refractivity contribution in [1.82, 2.24) is 9.97 Å². The molecule has 1 aromatic carbocycles. The summed E-state index contributed by atoms with van der Waals surface area (Å²) in [5.41, 5.74) is 8.76. The van der Waals surface area contributed by atoms with E-state index in [9.17, 15) is 0 Å². The molecule has 2 rings (SSSR count). The molecule has 4 nitrogen and oxygen atoms in total. The van der Waals surface area contributed by atoms with Crippen LogP contribution in [0.2, 0.25) is 0 Å². The van der Waals surface area contributed by atoms with E-state index >= 15 is 0 Å². The van der Waals surface area contributed by atoms with Crippen molar-refractivity contribution in [2.75, 3.05) is 0 Å². The Morgan fingerprint density at radius 2 is 1.68 bits per heavy atom. The zero-order chi connectivity index (χ0) is 13.8. The third kappa shape index (κ3) is 4.03. The summed E-state index contributed by atoms with van der Waals surface area (Å²) in [6.07, 6.45) is 0.861. The normalized spacial score (nSPS) is 12.2. The number of rotatable bonds is 4. The SMILES string of the molecule is Cc1cc(C)nc(Oc2ccc(CC(C)N)cc2)n1. The topological polar surface area (TPSA) is 61.0 Å². The molecule has 1 aromatic heterocycles. The highest BCUT2D eigenvalue weighted by Crippen LogP contribution is 2.19. The van der Waals surface area contributed by atoms with E-state index in [-0.39, 0.29) is 6.04 Å². The van der Waals surface area contributed by atoms with E-state index in [4.69, 9.17) is 10.5 Å². The van der Waals surface area contributed by atoms with Crippen LogP contribution < -0.4 is 10.5 Å². The fraction of sp³-hybridized carbons (Fsp3) is 0.333. The zero-order valence-corrected chi connectivity index (χ0v) is 11.6. The van der Waals surface area contributed by atoms with Gasteiger partial charge in [-0.25, -0.2) is 9.97 Å². The van der Waals surface area contributed by atoms with Gasteiger partial charge in [0.05, 0.1) is 0 Å². The van der Waals surface area contributed by atoms with E-state index in [1.54, 1.807) is 0 Å². The van der Waals surface area contributed by atoms with Gasteiger partial charge in [-0.15, -0.1) is 0 Å². The Balaban J connectivity index is 2.10. The maximum Gasteiger partial charge on any atom is 0.322 e. The van der Waals surface area contributed by atoms with Crippen molar-refractivity contribution in [3.63, 3.8) is 0 Å². The van der Waals surface area contributed by atoms with Gasteiger partial charge in [0.15, 0.2) is 0 Å². The average molecular weight is 257 g/mol. The van der Waals surface area contributed by atoms with Gasteiger partial charge < -0.3 is 10.5 Å². The highest BCUT2D eigenvalue weighted by atomic mass is 16.5. The summed E-state index contributed by atoms with van der Waals surface area (Å²) in [4.78, 5) is 8.49. The molecule has 2 N–H and O–H groups in total. The van der Waals surface area contributed by atoms with E-state index in [1.165, 1.54) is 5.56 Å². The van der Waals surface area contributed by atoms with E-state index in [0.717, 1.165) is 23.6 Å². The number of hydrogen-bond acceptors (Lipinski definition) is 4. The summed E-state index contributed by atoms with van der Waals surface area (Å²) in [5.74, 6) is 0.735. The molecule has 0 bridgehead atoms. The number of aryl methyl sites for hydroxylation is 2. The summed E-state index contributed by atoms with van der Waals surface area (Å²) in [5, 5.41) is 0. The molecule has 1 heterocycles. The fourth-order valence-electron chi connectivity index (χ4n) is 1.91. The molecule has 0 radical (unpaired) electrons. The first-order chi connectivity index (χ1) is 9.02. The predicted molar refractivity (Wildman–Crippen MR) is 75.4 cm³/mol. The Morgan fingerprint density at radius 3 is 2.21 bits per heavy atom. The van der Waals surface area contributed by atoms with Crippen molar-refractivity contribution in [3.8, 4) is 11.8 Å². The predicted octanol–water partition coefficient (Wildman–Crippen LogP) is 2.78. The molecule has 1 unspecified atom stereocenters. The molecular weight excluding hydrogens is 238 g/mol. The first-order valence-corrected chi connectivity index (χ1v) is 6.37. The Morgan fingerprint density at radius 1 is 1.11 bits per heavy atom. The van der Waals surface area contributed by atoms with Gasteiger partial charge >= 0.3 is 6.01 Å². The fourth-order valence-corrected chi connectivity index (χ4v) is 1.91. The zero-order valence-electron chi connectivity index (χ0n) is 11.6. The van der Waals surface area contributed by atoms with Crippen LogP contribution in [0.25, 0.3) is 0 Å². The van der Waals surface area contributed by atoms with E-state index < -0.39 is 0 Å². The average Bonchev–Trinajstić information content (AvgIpc) is 2.29. The van der Waals surface area contributed by atoms with Crippen LogP contribution in [0.15, 0.2) is 30.3 Å². The lowest BCUT2D eigenvalue weighted by Crippen LogP contribution is -2.17. The molecule has 4 heteroatoms. The summed E-state index contributed by atoms with van der Waals surface area (Å²) >= 11 is 0. The molecule has 0 amide bonds. The third-order valence-corrected chi connectivity index (χ3v) is 2.65. The number of ether oxygens (including phenoxy) is 1. The second kappa shape index (κ2) is 5.80. The minimum Gasteiger partial charge on any atom is -0.424 e. The first-order valence-electron chi connectivity index (χ1n) is 6.37. The molecular formula is C15H19N3O. The van der Waals surface area contributed by atoms with Crippen LogP contribution in [0.5, 0.6) is 11.8 Å². The molecule has 0 aliphatic heterocycles. The van der Waals surface area contributed by atoms with Gasteiger partial charge in [-0.1, -0.05) is 12.1 Å². The molecule has 0 aliphatic rings. The van der Waals surface area contributed by atoms with E-state index in [0.29, 0.717) is 6.01 Å². The molecule has 1 atom stereocenters. The van der Waals surface area contributed by atoms with Crippen molar-refractivity contribution in [2.45, 2.75) is 33.2 Å². The molecule has 0 saturated carbocycles. The third-order valence-electron chi connectivity index (χ3n) is 2.65. The summed E-state index contributed by atoms with van der Waals surface area (Å²) < 4.78 is 5.65. The minimum atomic E-state index is 0.162. The Hall–Kier alpha value is -1.94. The molecule has 100 valence electrons. The Bertz CT molecular complexity index is 530. The van der Waals surface area contributed by atoms with Crippen molar-refractivity contribution >= 4 is 0 Å². The van der Waals surface area contributed by atoms with Gasteiger partial charge in [0.25, 0.3) is 0 Å². The van der Waals surface area contributed by atoms with Crippen LogP contribution in [0.4, 0.5) is 0 Å². The van der Waals surface area contributed by atoms with Gasteiger partial charge in [0, 0.05) is 17.4 Å². The van der Waals surface area contributed by atoms with E-state index in [2.05, 4.69) is 9.97 Å². The van der Waals surface area contributed by atoms with E-state index in [1.807, 2.05) is 51.1 Å². The van der Waals surface area contributed by atoms with Gasteiger partial charge in [-0.3, -0.25) is 0 Å². The number of benzene rings is 1. The summed E-state index contributed by atoms with van der Waals surface area (Å²) in [6, 6.07) is 10.3. The van der Waals surface area contributed by atoms with Crippen LogP contribution in [0.1, 0.15) is 23.9 Å². The number of nitrogens with two attached hydrogens (primary N) is 1. The minimum absolute atomic E-state index is 0.162. The molecule has 0 spiro atoms. The maximum atomic E-state index is 5.77. The quantitative estimate of drug-likeness (QED) is 0.915. The van der Waals surface area contributed by atoms with Crippen molar-refractivity contribution in [2.24, 2.45) is 5.73 Å². The second-order valence-corrected chi connectivity index (χ2v) is 4.86. The van der Waals surface area contributed by atoms with Gasteiger partial charge in [0.2, 0.25) is 0 Å². The van der Waals surface area contributed by atoms with Crippen LogP contribution in [0.3, 0.4) is 0 Å². The Kier molecular flexibility index (Phi) is 4.12. The van der Waals surface area contributed by atoms with Gasteiger partial charge in [0.1, 0.15) is 5.75 Å². The van der Waals surface area contributed by atoms with Crippen LogP contribution >= 0.6 is 0 Å². The lowest BCUT2D eigenvalue weighted by atomic mass is 10.1. The highest BCUT2D eigenvalue weighted by Gasteiger charge is 2.03.